The van der Waals surface area contributed by atoms with Crippen LogP contribution in [0.3, 0.4) is 0 Å². The lowest BCUT2D eigenvalue weighted by Crippen LogP contribution is -2.41. The van der Waals surface area contributed by atoms with Crippen LogP contribution >= 0.6 is 0 Å². The lowest BCUT2D eigenvalue weighted by Gasteiger charge is -2.26. The molecule has 0 unspecified atom stereocenters. The summed E-state index contributed by atoms with van der Waals surface area (Å²) in [6.07, 6.45) is 11.6. The zero-order valence-electron chi connectivity index (χ0n) is 21.7. The number of nitrogens with zero attached hydrogens (tertiary/aromatic N) is 2. The molecule has 2 amide bonds. The van der Waals surface area contributed by atoms with E-state index in [0.29, 0.717) is 24.2 Å². The molecule has 2 rings (SSSR count). The van der Waals surface area contributed by atoms with Gasteiger partial charge in [0.1, 0.15) is 0 Å². The van der Waals surface area contributed by atoms with Crippen LogP contribution in [-0.4, -0.2) is 70.2 Å². The van der Waals surface area contributed by atoms with E-state index in [4.69, 9.17) is 4.74 Å². The van der Waals surface area contributed by atoms with Crippen molar-refractivity contribution in [1.82, 2.24) is 10.2 Å². The van der Waals surface area contributed by atoms with E-state index >= 15 is 0 Å². The minimum Gasteiger partial charge on any atom is -0.379 e. The van der Waals surface area contributed by atoms with Gasteiger partial charge in [0, 0.05) is 58.1 Å². The number of ether oxygens (including phenoxy) is 1. The molecule has 0 atom stereocenters. The normalized spacial score (nSPS) is 14.1. The fourth-order valence-corrected chi connectivity index (χ4v) is 4.25. The van der Waals surface area contributed by atoms with Crippen LogP contribution in [0.5, 0.6) is 0 Å². The molecule has 0 aromatic heterocycles. The highest BCUT2D eigenvalue weighted by Gasteiger charge is 2.16. The predicted molar refractivity (Wildman–Crippen MR) is 141 cm³/mol. The maximum atomic E-state index is 12.9. The Labute approximate surface area is 206 Å². The first-order valence-electron chi connectivity index (χ1n) is 13.2. The van der Waals surface area contributed by atoms with Gasteiger partial charge in [0.2, 0.25) is 5.91 Å². The van der Waals surface area contributed by atoms with Gasteiger partial charge in [-0.3, -0.25) is 14.5 Å². The molecule has 192 valence electrons. The SMILES string of the molecule is CCCCCCCCCCCC(=O)Nc1ccc(N(C)C)c(C(=O)NCCN2CCOCC2)c1. The Bertz CT molecular complexity index is 733. The summed E-state index contributed by atoms with van der Waals surface area (Å²) in [4.78, 5) is 29.6. The van der Waals surface area contributed by atoms with Gasteiger partial charge in [-0.1, -0.05) is 58.3 Å². The standard InChI is InChI=1S/C27H46N4O3/c1-4-5-6-7-8-9-10-11-12-13-26(32)29-23-14-15-25(30(2)3)24(22-23)27(33)28-16-17-31-18-20-34-21-19-31/h14-15,22H,4-13,16-21H2,1-3H3,(H,28,33)(H,29,32). The molecule has 1 aliphatic heterocycles. The van der Waals surface area contributed by atoms with Crippen LogP contribution in [-0.2, 0) is 9.53 Å². The van der Waals surface area contributed by atoms with Crippen molar-refractivity contribution in [2.24, 2.45) is 0 Å². The monoisotopic (exact) mass is 474 g/mol. The van der Waals surface area contributed by atoms with Gasteiger partial charge in [-0.2, -0.15) is 0 Å². The van der Waals surface area contributed by atoms with Crippen molar-refractivity contribution in [2.45, 2.75) is 71.1 Å². The largest absolute Gasteiger partial charge is 0.379 e. The Kier molecular flexibility index (Phi) is 13.6. The molecule has 0 spiro atoms. The molecule has 0 saturated carbocycles. The van der Waals surface area contributed by atoms with E-state index in [0.717, 1.165) is 51.4 Å². The third-order valence-electron chi connectivity index (χ3n) is 6.33. The zero-order chi connectivity index (χ0) is 24.6. The Hall–Kier alpha value is -2.12. The van der Waals surface area contributed by atoms with Crippen LogP contribution in [0.4, 0.5) is 11.4 Å². The van der Waals surface area contributed by atoms with E-state index in [2.05, 4.69) is 22.5 Å². The molecule has 7 nitrogen and oxygen atoms in total. The Morgan fingerprint density at radius 3 is 2.26 bits per heavy atom. The van der Waals surface area contributed by atoms with Gasteiger partial charge in [-0.15, -0.1) is 0 Å². The molecular weight excluding hydrogens is 428 g/mol. The van der Waals surface area contributed by atoms with Gasteiger partial charge in [0.25, 0.3) is 5.91 Å². The van der Waals surface area contributed by atoms with E-state index in [1.165, 1.54) is 44.9 Å². The lowest BCUT2D eigenvalue weighted by molar-refractivity contribution is -0.116. The number of morpholine rings is 1. The molecule has 0 radical (unpaired) electrons. The summed E-state index contributed by atoms with van der Waals surface area (Å²) in [5, 5.41) is 6.01. The number of hydrogen-bond acceptors (Lipinski definition) is 5. The first-order chi connectivity index (χ1) is 16.5. The van der Waals surface area contributed by atoms with E-state index in [1.54, 1.807) is 6.07 Å². The van der Waals surface area contributed by atoms with Crippen molar-refractivity contribution in [3.63, 3.8) is 0 Å². The second-order valence-corrected chi connectivity index (χ2v) is 9.46. The molecule has 1 heterocycles. The Balaban J connectivity index is 1.76. The molecule has 1 aromatic carbocycles. The minimum atomic E-state index is -0.119. The van der Waals surface area contributed by atoms with Gasteiger partial charge >= 0.3 is 0 Å². The van der Waals surface area contributed by atoms with E-state index in [9.17, 15) is 9.59 Å². The second-order valence-electron chi connectivity index (χ2n) is 9.46. The average Bonchev–Trinajstić information content (AvgIpc) is 2.83. The summed E-state index contributed by atoms with van der Waals surface area (Å²) in [5.74, 6) is -0.105. The fourth-order valence-electron chi connectivity index (χ4n) is 4.25. The van der Waals surface area contributed by atoms with Crippen molar-refractivity contribution in [3.8, 4) is 0 Å². The quantitative estimate of drug-likeness (QED) is 0.341. The van der Waals surface area contributed by atoms with Gasteiger partial charge in [0.15, 0.2) is 0 Å². The number of rotatable bonds is 16. The number of carbonyl (C=O) groups excluding carboxylic acids is 2. The van der Waals surface area contributed by atoms with Gasteiger partial charge in [-0.25, -0.2) is 0 Å². The van der Waals surface area contributed by atoms with Crippen molar-refractivity contribution < 1.29 is 14.3 Å². The molecule has 2 N–H and O–H groups in total. The Morgan fingerprint density at radius 2 is 1.62 bits per heavy atom. The van der Waals surface area contributed by atoms with Gasteiger partial charge in [0.05, 0.1) is 18.8 Å². The number of nitrogens with one attached hydrogen (secondary N) is 2. The number of unbranched alkanes of at least 4 members (excludes halogenated alkanes) is 8. The minimum absolute atomic E-state index is 0.0132. The van der Waals surface area contributed by atoms with Crippen LogP contribution in [0.1, 0.15) is 81.5 Å². The zero-order valence-corrected chi connectivity index (χ0v) is 21.7. The smallest absolute Gasteiger partial charge is 0.253 e. The van der Waals surface area contributed by atoms with Crippen molar-refractivity contribution in [3.05, 3.63) is 23.8 Å². The fraction of sp³-hybridized carbons (Fsp3) is 0.704. The maximum Gasteiger partial charge on any atom is 0.253 e. The summed E-state index contributed by atoms with van der Waals surface area (Å²) in [6.45, 7) is 6.94. The number of anilines is 2. The highest BCUT2D eigenvalue weighted by Crippen LogP contribution is 2.23. The van der Waals surface area contributed by atoms with E-state index in [-0.39, 0.29) is 11.8 Å². The van der Waals surface area contributed by atoms with Gasteiger partial charge in [-0.05, 0) is 24.6 Å². The van der Waals surface area contributed by atoms with Crippen molar-refractivity contribution in [1.29, 1.82) is 0 Å². The summed E-state index contributed by atoms with van der Waals surface area (Å²) in [6, 6.07) is 5.55. The van der Waals surface area contributed by atoms with E-state index in [1.807, 2.05) is 31.1 Å². The number of hydrogen-bond donors (Lipinski definition) is 2. The summed E-state index contributed by atoms with van der Waals surface area (Å²) >= 11 is 0. The maximum absolute atomic E-state index is 12.9. The van der Waals surface area contributed by atoms with Crippen molar-refractivity contribution in [2.75, 3.05) is 63.7 Å². The molecule has 1 aliphatic rings. The highest BCUT2D eigenvalue weighted by molar-refractivity contribution is 6.02. The van der Waals surface area contributed by atoms with Crippen LogP contribution in [0, 0.1) is 0 Å². The molecule has 0 aliphatic carbocycles. The van der Waals surface area contributed by atoms with Gasteiger partial charge < -0.3 is 20.3 Å². The van der Waals surface area contributed by atoms with Crippen molar-refractivity contribution >= 4 is 23.2 Å². The molecular formula is C27H46N4O3. The molecule has 1 fully saturated rings. The van der Waals surface area contributed by atoms with E-state index < -0.39 is 0 Å². The topological polar surface area (TPSA) is 73.9 Å². The molecule has 1 saturated heterocycles. The molecule has 1 aromatic rings. The van der Waals surface area contributed by atoms with Crippen LogP contribution < -0.4 is 15.5 Å². The van der Waals surface area contributed by atoms with Crippen LogP contribution in [0.25, 0.3) is 0 Å². The lowest BCUT2D eigenvalue weighted by atomic mass is 10.1. The number of amides is 2. The third-order valence-corrected chi connectivity index (χ3v) is 6.33. The highest BCUT2D eigenvalue weighted by atomic mass is 16.5. The third kappa shape index (κ3) is 10.9. The summed E-state index contributed by atoms with van der Waals surface area (Å²) in [5.41, 5.74) is 2.08. The number of benzene rings is 1. The average molecular weight is 475 g/mol. The molecule has 7 heteroatoms. The summed E-state index contributed by atoms with van der Waals surface area (Å²) in [7, 11) is 3.84. The summed E-state index contributed by atoms with van der Waals surface area (Å²) < 4.78 is 5.37. The number of carbonyl (C=O) groups is 2. The molecule has 34 heavy (non-hydrogen) atoms. The predicted octanol–water partition coefficient (Wildman–Crippen LogP) is 4.67. The van der Waals surface area contributed by atoms with Crippen LogP contribution in [0.2, 0.25) is 0 Å². The second kappa shape index (κ2) is 16.5. The Morgan fingerprint density at radius 1 is 0.971 bits per heavy atom. The first-order valence-corrected chi connectivity index (χ1v) is 13.2. The molecule has 0 bridgehead atoms. The van der Waals surface area contributed by atoms with Crippen LogP contribution in [0.15, 0.2) is 18.2 Å². The first kappa shape index (κ1) is 28.1.